The third kappa shape index (κ3) is 3.33. The monoisotopic (exact) mass is 277 g/mol. The minimum atomic E-state index is -0.250. The third-order valence-corrected chi connectivity index (χ3v) is 4.64. The number of benzene rings is 1. The predicted molar refractivity (Wildman–Crippen MR) is 81.9 cm³/mol. The van der Waals surface area contributed by atoms with Gasteiger partial charge in [0.1, 0.15) is 5.75 Å². The summed E-state index contributed by atoms with van der Waals surface area (Å²) in [5, 5.41) is 10.6. The van der Waals surface area contributed by atoms with Crippen LogP contribution in [0.4, 0.5) is 0 Å². The maximum absolute atomic E-state index is 10.6. The van der Waals surface area contributed by atoms with E-state index in [2.05, 4.69) is 37.9 Å². The van der Waals surface area contributed by atoms with Gasteiger partial charge in [-0.15, -0.1) is 0 Å². The number of aliphatic hydroxyl groups is 1. The second-order valence-corrected chi connectivity index (χ2v) is 6.66. The van der Waals surface area contributed by atoms with Crippen LogP contribution < -0.4 is 4.74 Å². The van der Waals surface area contributed by atoms with Crippen molar-refractivity contribution in [3.63, 3.8) is 0 Å². The predicted octanol–water partition coefficient (Wildman–Crippen LogP) is 3.07. The Hall–Kier alpha value is -1.06. The van der Waals surface area contributed by atoms with Gasteiger partial charge in [-0.1, -0.05) is 32.4 Å². The molecule has 1 saturated carbocycles. The summed E-state index contributed by atoms with van der Waals surface area (Å²) >= 11 is 0. The number of hydrogen-bond donors (Lipinski definition) is 1. The molecule has 0 bridgehead atoms. The van der Waals surface area contributed by atoms with E-state index >= 15 is 0 Å². The maximum atomic E-state index is 10.6. The summed E-state index contributed by atoms with van der Waals surface area (Å²) in [6.07, 6.45) is 3.14. The number of hydrogen-bond acceptors (Lipinski definition) is 3. The van der Waals surface area contributed by atoms with Gasteiger partial charge in [0.05, 0.1) is 13.2 Å². The zero-order valence-corrected chi connectivity index (χ0v) is 13.1. The van der Waals surface area contributed by atoms with Crippen LogP contribution in [0.3, 0.4) is 0 Å². The van der Waals surface area contributed by atoms with Crippen molar-refractivity contribution in [1.29, 1.82) is 0 Å². The number of aliphatic hydroxyl groups excluding tert-OH is 1. The van der Waals surface area contributed by atoms with Crippen molar-refractivity contribution in [3.8, 4) is 5.75 Å². The SMILES string of the molecule is COc1ccc(CN(C)C2CCCC(C)(C)C2O)cc1. The van der Waals surface area contributed by atoms with Crippen molar-refractivity contribution in [2.45, 2.75) is 51.8 Å². The summed E-state index contributed by atoms with van der Waals surface area (Å²) in [5.41, 5.74) is 1.28. The zero-order valence-electron chi connectivity index (χ0n) is 13.1. The van der Waals surface area contributed by atoms with Crippen LogP contribution in [0.2, 0.25) is 0 Å². The van der Waals surface area contributed by atoms with Gasteiger partial charge in [0, 0.05) is 12.6 Å². The lowest BCUT2D eigenvalue weighted by atomic mass is 9.72. The van der Waals surface area contributed by atoms with Gasteiger partial charge in [-0.3, -0.25) is 4.90 Å². The molecule has 112 valence electrons. The molecule has 1 N–H and O–H groups in total. The minimum absolute atomic E-state index is 0.0249. The molecule has 2 atom stereocenters. The van der Waals surface area contributed by atoms with E-state index in [9.17, 15) is 5.11 Å². The molecule has 1 aromatic rings. The normalized spacial score (nSPS) is 25.7. The summed E-state index contributed by atoms with van der Waals surface area (Å²) < 4.78 is 5.18. The average Bonchev–Trinajstić information content (AvgIpc) is 2.42. The lowest BCUT2D eigenvalue weighted by Crippen LogP contribution is -2.50. The molecule has 20 heavy (non-hydrogen) atoms. The van der Waals surface area contributed by atoms with Crippen LogP contribution >= 0.6 is 0 Å². The van der Waals surface area contributed by atoms with Crippen molar-refractivity contribution in [1.82, 2.24) is 4.90 Å². The number of ether oxygens (including phenoxy) is 1. The van der Waals surface area contributed by atoms with Crippen LogP contribution in [0.25, 0.3) is 0 Å². The summed E-state index contributed by atoms with van der Waals surface area (Å²) in [5.74, 6) is 0.884. The fraction of sp³-hybridized carbons (Fsp3) is 0.647. The topological polar surface area (TPSA) is 32.7 Å². The lowest BCUT2D eigenvalue weighted by molar-refractivity contribution is -0.0524. The molecule has 0 saturated heterocycles. The van der Waals surface area contributed by atoms with Crippen molar-refractivity contribution in [3.05, 3.63) is 29.8 Å². The van der Waals surface area contributed by atoms with E-state index in [0.29, 0.717) is 0 Å². The van der Waals surface area contributed by atoms with E-state index in [1.165, 1.54) is 12.0 Å². The quantitative estimate of drug-likeness (QED) is 0.918. The third-order valence-electron chi connectivity index (χ3n) is 4.64. The molecule has 1 aliphatic rings. The Morgan fingerprint density at radius 1 is 1.30 bits per heavy atom. The van der Waals surface area contributed by atoms with Crippen LogP contribution in [-0.4, -0.2) is 36.3 Å². The molecule has 1 fully saturated rings. The summed E-state index contributed by atoms with van der Waals surface area (Å²) in [7, 11) is 3.79. The Bertz CT molecular complexity index is 427. The summed E-state index contributed by atoms with van der Waals surface area (Å²) in [4.78, 5) is 2.29. The molecule has 2 unspecified atom stereocenters. The van der Waals surface area contributed by atoms with Gasteiger partial charge < -0.3 is 9.84 Å². The number of rotatable bonds is 4. The standard InChI is InChI=1S/C17H27NO2/c1-17(2)11-5-6-15(16(17)19)18(3)12-13-7-9-14(20-4)10-8-13/h7-10,15-16,19H,5-6,11-12H2,1-4H3. The van der Waals surface area contributed by atoms with Gasteiger partial charge in [0.25, 0.3) is 0 Å². The van der Waals surface area contributed by atoms with E-state index in [4.69, 9.17) is 4.74 Å². The molecular weight excluding hydrogens is 250 g/mol. The second-order valence-electron chi connectivity index (χ2n) is 6.66. The first kappa shape index (κ1) is 15.3. The van der Waals surface area contributed by atoms with E-state index in [1.807, 2.05) is 12.1 Å². The van der Waals surface area contributed by atoms with Crippen LogP contribution in [0, 0.1) is 5.41 Å². The maximum Gasteiger partial charge on any atom is 0.118 e. The zero-order chi connectivity index (χ0) is 14.8. The molecule has 0 heterocycles. The lowest BCUT2D eigenvalue weighted by Gasteiger charge is -2.44. The minimum Gasteiger partial charge on any atom is -0.497 e. The van der Waals surface area contributed by atoms with Gasteiger partial charge in [0.15, 0.2) is 0 Å². The Morgan fingerprint density at radius 2 is 1.95 bits per heavy atom. The summed E-state index contributed by atoms with van der Waals surface area (Å²) in [6.45, 7) is 5.21. The van der Waals surface area contributed by atoms with Gasteiger partial charge in [-0.05, 0) is 43.0 Å². The Balaban J connectivity index is 2.01. The molecule has 3 heteroatoms. The van der Waals surface area contributed by atoms with Crippen molar-refractivity contribution < 1.29 is 9.84 Å². The largest absolute Gasteiger partial charge is 0.497 e. The molecule has 0 aromatic heterocycles. The highest BCUT2D eigenvalue weighted by molar-refractivity contribution is 5.27. The smallest absolute Gasteiger partial charge is 0.118 e. The van der Waals surface area contributed by atoms with Crippen molar-refractivity contribution >= 4 is 0 Å². The molecule has 1 aromatic carbocycles. The molecule has 1 aliphatic carbocycles. The Morgan fingerprint density at radius 3 is 2.55 bits per heavy atom. The molecule has 0 amide bonds. The van der Waals surface area contributed by atoms with Crippen molar-refractivity contribution in [2.24, 2.45) is 5.41 Å². The first-order valence-corrected chi connectivity index (χ1v) is 7.45. The Labute approximate surface area is 122 Å². The van der Waals surface area contributed by atoms with Crippen molar-refractivity contribution in [2.75, 3.05) is 14.2 Å². The van der Waals surface area contributed by atoms with Crippen LogP contribution in [0.15, 0.2) is 24.3 Å². The van der Waals surface area contributed by atoms with E-state index < -0.39 is 0 Å². The molecule has 0 aliphatic heterocycles. The highest BCUT2D eigenvalue weighted by Crippen LogP contribution is 2.37. The first-order chi connectivity index (χ1) is 9.44. The fourth-order valence-corrected chi connectivity index (χ4v) is 3.19. The molecular formula is C17H27NO2. The number of nitrogens with zero attached hydrogens (tertiary/aromatic N) is 1. The highest BCUT2D eigenvalue weighted by Gasteiger charge is 2.39. The van der Waals surface area contributed by atoms with Gasteiger partial charge in [0.2, 0.25) is 0 Å². The van der Waals surface area contributed by atoms with E-state index in [0.717, 1.165) is 25.1 Å². The first-order valence-electron chi connectivity index (χ1n) is 7.45. The van der Waals surface area contributed by atoms with Crippen LogP contribution in [0.1, 0.15) is 38.7 Å². The average molecular weight is 277 g/mol. The second kappa shape index (κ2) is 6.15. The molecule has 0 radical (unpaired) electrons. The molecule has 2 rings (SSSR count). The van der Waals surface area contributed by atoms with E-state index in [-0.39, 0.29) is 17.6 Å². The Kier molecular flexibility index (Phi) is 4.71. The van der Waals surface area contributed by atoms with Gasteiger partial charge in [-0.2, -0.15) is 0 Å². The van der Waals surface area contributed by atoms with Gasteiger partial charge in [-0.25, -0.2) is 0 Å². The van der Waals surface area contributed by atoms with Gasteiger partial charge >= 0.3 is 0 Å². The summed E-state index contributed by atoms with van der Waals surface area (Å²) in [6, 6.07) is 8.42. The van der Waals surface area contributed by atoms with Crippen LogP contribution in [0.5, 0.6) is 5.75 Å². The van der Waals surface area contributed by atoms with E-state index in [1.54, 1.807) is 7.11 Å². The number of likely N-dealkylation sites (N-methyl/N-ethyl adjacent to an activating group) is 1. The molecule has 0 spiro atoms. The fourth-order valence-electron chi connectivity index (χ4n) is 3.19. The highest BCUT2D eigenvalue weighted by atomic mass is 16.5. The number of methoxy groups -OCH3 is 1. The van der Waals surface area contributed by atoms with Crippen LogP contribution in [-0.2, 0) is 6.54 Å². The molecule has 3 nitrogen and oxygen atoms in total.